The molecule has 2 aromatic carbocycles. The van der Waals surface area contributed by atoms with E-state index in [1.165, 1.54) is 10.4 Å². The number of benzene rings is 2. The molecule has 3 rings (SSSR count). The Hall–Kier alpha value is -1.76. The predicted octanol–water partition coefficient (Wildman–Crippen LogP) is 3.49. The molecule has 1 unspecified atom stereocenters. The Bertz CT molecular complexity index is 898. The third-order valence-corrected chi connectivity index (χ3v) is 6.63. The summed E-state index contributed by atoms with van der Waals surface area (Å²) >= 11 is 5.97. The van der Waals surface area contributed by atoms with Crippen molar-refractivity contribution in [3.8, 4) is 11.5 Å². The van der Waals surface area contributed by atoms with Crippen LogP contribution in [0.5, 0.6) is 11.5 Å². The van der Waals surface area contributed by atoms with Gasteiger partial charge in [0.05, 0.1) is 19.1 Å². The second-order valence-corrected chi connectivity index (χ2v) is 8.36. The average molecular weight is 382 g/mol. The minimum atomic E-state index is -3.63. The SMILES string of the molecule is COc1cc2c(cc1OC)CN(S(=O)(=O)c1cccc(Cl)c1)C(C)C2. The van der Waals surface area contributed by atoms with Gasteiger partial charge in [-0.3, -0.25) is 0 Å². The Labute approximate surface area is 153 Å². The number of fused-ring (bicyclic) bond motifs is 1. The zero-order valence-electron chi connectivity index (χ0n) is 14.3. The Morgan fingerprint density at radius 2 is 1.72 bits per heavy atom. The van der Waals surface area contributed by atoms with Crippen molar-refractivity contribution in [3.05, 3.63) is 52.5 Å². The first kappa shape index (κ1) is 18.0. The molecule has 7 heteroatoms. The molecule has 25 heavy (non-hydrogen) atoms. The van der Waals surface area contributed by atoms with Gasteiger partial charge < -0.3 is 9.47 Å². The second kappa shape index (κ2) is 6.86. The number of sulfonamides is 1. The molecule has 0 bridgehead atoms. The van der Waals surface area contributed by atoms with Crippen LogP contribution in [0, 0.1) is 0 Å². The summed E-state index contributed by atoms with van der Waals surface area (Å²) in [7, 11) is -0.480. The highest BCUT2D eigenvalue weighted by molar-refractivity contribution is 7.89. The van der Waals surface area contributed by atoms with E-state index in [1.54, 1.807) is 32.4 Å². The zero-order chi connectivity index (χ0) is 18.2. The van der Waals surface area contributed by atoms with Crippen LogP contribution in [0.15, 0.2) is 41.3 Å². The molecule has 0 aliphatic carbocycles. The van der Waals surface area contributed by atoms with Gasteiger partial charge in [0.25, 0.3) is 0 Å². The lowest BCUT2D eigenvalue weighted by Crippen LogP contribution is -2.42. The summed E-state index contributed by atoms with van der Waals surface area (Å²) in [5.74, 6) is 1.25. The maximum absolute atomic E-state index is 13.0. The maximum Gasteiger partial charge on any atom is 0.243 e. The molecule has 0 amide bonds. The van der Waals surface area contributed by atoms with E-state index in [-0.39, 0.29) is 17.5 Å². The molecule has 1 aliphatic rings. The Kier molecular flexibility index (Phi) is 4.95. The summed E-state index contributed by atoms with van der Waals surface area (Å²) in [4.78, 5) is 0.204. The van der Waals surface area contributed by atoms with Crippen LogP contribution in [0.25, 0.3) is 0 Å². The van der Waals surface area contributed by atoms with Gasteiger partial charge in [0.15, 0.2) is 11.5 Å². The van der Waals surface area contributed by atoms with E-state index in [1.807, 2.05) is 19.1 Å². The van der Waals surface area contributed by atoms with Crippen molar-refractivity contribution >= 4 is 21.6 Å². The van der Waals surface area contributed by atoms with Crippen molar-refractivity contribution in [1.29, 1.82) is 0 Å². The molecule has 1 aliphatic heterocycles. The average Bonchev–Trinajstić information content (AvgIpc) is 2.59. The summed E-state index contributed by atoms with van der Waals surface area (Å²) in [6.07, 6.45) is 0.607. The molecule has 0 spiro atoms. The van der Waals surface area contributed by atoms with E-state index in [2.05, 4.69) is 0 Å². The van der Waals surface area contributed by atoms with E-state index in [0.717, 1.165) is 11.1 Å². The minimum absolute atomic E-state index is 0.172. The quantitative estimate of drug-likeness (QED) is 0.813. The van der Waals surface area contributed by atoms with Gasteiger partial charge in [-0.1, -0.05) is 17.7 Å². The molecule has 0 saturated heterocycles. The predicted molar refractivity (Wildman–Crippen MR) is 96.9 cm³/mol. The van der Waals surface area contributed by atoms with Crippen molar-refractivity contribution in [2.45, 2.75) is 30.8 Å². The molecule has 5 nitrogen and oxygen atoms in total. The van der Waals surface area contributed by atoms with Crippen LogP contribution in [0.1, 0.15) is 18.1 Å². The van der Waals surface area contributed by atoms with E-state index in [9.17, 15) is 8.42 Å². The molecule has 0 N–H and O–H groups in total. The van der Waals surface area contributed by atoms with E-state index in [4.69, 9.17) is 21.1 Å². The summed E-state index contributed by atoms with van der Waals surface area (Å²) in [6.45, 7) is 2.19. The molecular formula is C18H20ClNO4S. The smallest absolute Gasteiger partial charge is 0.243 e. The van der Waals surface area contributed by atoms with Gasteiger partial charge in [-0.2, -0.15) is 4.31 Å². The molecule has 134 valence electrons. The Morgan fingerprint density at radius 1 is 1.08 bits per heavy atom. The highest BCUT2D eigenvalue weighted by Crippen LogP contribution is 2.36. The molecule has 1 heterocycles. The highest BCUT2D eigenvalue weighted by Gasteiger charge is 2.34. The normalized spacial score (nSPS) is 17.8. The standard InChI is InChI=1S/C18H20ClNO4S/c1-12-7-13-8-17(23-2)18(24-3)9-14(13)11-20(12)25(21,22)16-6-4-5-15(19)10-16/h4-6,8-10,12H,7,11H2,1-3H3. The fraction of sp³-hybridized carbons (Fsp3) is 0.333. The van der Waals surface area contributed by atoms with Crippen molar-refractivity contribution in [2.75, 3.05) is 14.2 Å². The topological polar surface area (TPSA) is 55.8 Å². The lowest BCUT2D eigenvalue weighted by molar-refractivity contribution is 0.305. The third kappa shape index (κ3) is 3.34. The van der Waals surface area contributed by atoms with Gasteiger partial charge in [-0.25, -0.2) is 8.42 Å². The lowest BCUT2D eigenvalue weighted by atomic mass is 9.96. The number of methoxy groups -OCH3 is 2. The van der Waals surface area contributed by atoms with Crippen molar-refractivity contribution < 1.29 is 17.9 Å². The zero-order valence-corrected chi connectivity index (χ0v) is 15.9. The Morgan fingerprint density at radius 3 is 2.32 bits per heavy atom. The van der Waals surface area contributed by atoms with Crippen LogP contribution in [0.4, 0.5) is 0 Å². The summed E-state index contributed by atoms with van der Waals surface area (Å²) in [5, 5.41) is 0.401. The molecule has 0 saturated carbocycles. The van der Waals surface area contributed by atoms with E-state index < -0.39 is 10.0 Å². The summed E-state index contributed by atoms with van der Waals surface area (Å²) in [6, 6.07) is 9.95. The third-order valence-electron chi connectivity index (χ3n) is 4.44. The summed E-state index contributed by atoms with van der Waals surface area (Å²) < 4.78 is 38.3. The van der Waals surface area contributed by atoms with E-state index >= 15 is 0 Å². The van der Waals surface area contributed by atoms with Crippen LogP contribution in [0.3, 0.4) is 0 Å². The second-order valence-electron chi connectivity index (χ2n) is 6.04. The molecule has 0 fully saturated rings. The van der Waals surface area contributed by atoms with Crippen LogP contribution in [-0.2, 0) is 23.0 Å². The van der Waals surface area contributed by atoms with Crippen LogP contribution in [-0.4, -0.2) is 33.0 Å². The van der Waals surface area contributed by atoms with Gasteiger partial charge in [0.2, 0.25) is 10.0 Å². The van der Waals surface area contributed by atoms with Gasteiger partial charge in [0, 0.05) is 17.6 Å². The van der Waals surface area contributed by atoms with Crippen molar-refractivity contribution in [1.82, 2.24) is 4.31 Å². The molecule has 2 aromatic rings. The molecule has 1 atom stereocenters. The molecule has 0 radical (unpaired) electrons. The van der Waals surface area contributed by atoms with Crippen molar-refractivity contribution in [2.24, 2.45) is 0 Å². The Balaban J connectivity index is 2.01. The number of hydrogen-bond acceptors (Lipinski definition) is 4. The fourth-order valence-corrected chi connectivity index (χ4v) is 5.04. The summed E-state index contributed by atoms with van der Waals surface area (Å²) in [5.41, 5.74) is 1.99. The number of rotatable bonds is 4. The van der Waals surface area contributed by atoms with Gasteiger partial charge >= 0.3 is 0 Å². The first-order chi connectivity index (χ1) is 11.9. The molecule has 0 aromatic heterocycles. The molecular weight excluding hydrogens is 362 g/mol. The fourth-order valence-electron chi connectivity index (χ4n) is 3.13. The van der Waals surface area contributed by atoms with Crippen LogP contribution < -0.4 is 9.47 Å². The monoisotopic (exact) mass is 381 g/mol. The van der Waals surface area contributed by atoms with E-state index in [0.29, 0.717) is 22.9 Å². The first-order valence-electron chi connectivity index (χ1n) is 7.88. The number of ether oxygens (including phenoxy) is 2. The van der Waals surface area contributed by atoms with Crippen molar-refractivity contribution in [3.63, 3.8) is 0 Å². The van der Waals surface area contributed by atoms with Crippen LogP contribution in [0.2, 0.25) is 5.02 Å². The largest absolute Gasteiger partial charge is 0.493 e. The number of nitrogens with zero attached hydrogens (tertiary/aromatic N) is 1. The lowest BCUT2D eigenvalue weighted by Gasteiger charge is -2.34. The van der Waals surface area contributed by atoms with Gasteiger partial charge in [-0.15, -0.1) is 0 Å². The van der Waals surface area contributed by atoms with Gasteiger partial charge in [0.1, 0.15) is 0 Å². The maximum atomic E-state index is 13.0. The minimum Gasteiger partial charge on any atom is -0.493 e. The van der Waals surface area contributed by atoms with Crippen LogP contribution >= 0.6 is 11.6 Å². The highest BCUT2D eigenvalue weighted by atomic mass is 35.5. The number of hydrogen-bond donors (Lipinski definition) is 0. The number of halogens is 1. The first-order valence-corrected chi connectivity index (χ1v) is 9.69. The van der Waals surface area contributed by atoms with Gasteiger partial charge in [-0.05, 0) is 54.8 Å².